The maximum Gasteiger partial charge on any atom is 0.323 e. The highest BCUT2D eigenvalue weighted by molar-refractivity contribution is 7.91. The molecule has 2 aliphatic rings. The van der Waals surface area contributed by atoms with Crippen LogP contribution in [0, 0.1) is 0 Å². The van der Waals surface area contributed by atoms with E-state index in [0.717, 1.165) is 12.2 Å². The molecule has 19 nitrogen and oxygen atoms in total. The largest absolute Gasteiger partial charge is 0.497 e. The van der Waals surface area contributed by atoms with Gasteiger partial charge in [0.1, 0.15) is 32.8 Å². The number of rotatable bonds is 12. The lowest BCUT2D eigenvalue weighted by Gasteiger charge is -2.18. The van der Waals surface area contributed by atoms with Gasteiger partial charge in [0.15, 0.2) is 11.4 Å². The molecular weight excluding hydrogens is 801 g/mol. The molecule has 0 spiro atoms. The lowest BCUT2D eigenvalue weighted by atomic mass is 9.94. The number of nitrogens with one attached hydrogen (secondary N) is 4. The van der Waals surface area contributed by atoms with Gasteiger partial charge in [0.2, 0.25) is 11.6 Å². The van der Waals surface area contributed by atoms with Crippen molar-refractivity contribution < 1.29 is 59.3 Å². The normalized spacial score (nSPS) is 15.1. The second-order valence-corrected chi connectivity index (χ2v) is 14.9. The van der Waals surface area contributed by atoms with E-state index in [1.807, 2.05) is 0 Å². The van der Waals surface area contributed by atoms with Gasteiger partial charge in [-0.2, -0.15) is 27.0 Å². The Morgan fingerprint density at radius 3 is 1.19 bits per heavy atom. The van der Waals surface area contributed by atoms with E-state index in [2.05, 4.69) is 31.7 Å². The van der Waals surface area contributed by atoms with Gasteiger partial charge in [-0.3, -0.25) is 29.5 Å². The van der Waals surface area contributed by atoms with Crippen molar-refractivity contribution in [1.82, 2.24) is 0 Å². The lowest BCUT2D eigenvalue weighted by Crippen LogP contribution is -2.27. The van der Waals surface area contributed by atoms with Crippen LogP contribution < -0.4 is 40.4 Å². The monoisotopic (exact) mass is 832 g/mol. The Morgan fingerprint density at radius 2 is 0.879 bits per heavy atom. The highest BCUT2D eigenvalue weighted by atomic mass is 32.2. The fourth-order valence-corrected chi connectivity index (χ4v) is 7.03. The Morgan fingerprint density at radius 1 is 0.534 bits per heavy atom. The summed E-state index contributed by atoms with van der Waals surface area (Å²) in [6.45, 7) is 0. The maximum absolute atomic E-state index is 13.5. The number of carbonyl (C=O) groups excluding carboxylic acids is 3. The number of methoxy groups -OCH3 is 4. The lowest BCUT2D eigenvalue weighted by molar-refractivity contribution is 0.105. The Bertz CT molecular complexity index is 2510. The molecule has 0 fully saturated rings. The number of Topliss-reactive ketones (excluding diaryl/α,β-unsaturated/α-hetero) is 2. The molecule has 6 rings (SSSR count). The minimum atomic E-state index is -4.99. The molecule has 0 heterocycles. The molecule has 300 valence electrons. The average molecular weight is 833 g/mol. The van der Waals surface area contributed by atoms with Crippen molar-refractivity contribution in [1.29, 1.82) is 0 Å². The van der Waals surface area contributed by atoms with Gasteiger partial charge in [-0.25, -0.2) is 4.79 Å². The molecule has 2 aliphatic carbocycles. The molecule has 0 saturated heterocycles. The Hall–Kier alpha value is -7.07. The van der Waals surface area contributed by atoms with Gasteiger partial charge >= 0.3 is 6.03 Å². The molecule has 4 aromatic rings. The quantitative estimate of drug-likeness (QED) is 0.0796. The molecule has 0 atom stereocenters. The number of amides is 2. The number of benzene rings is 4. The van der Waals surface area contributed by atoms with E-state index in [1.54, 1.807) is 12.1 Å². The number of ketones is 2. The molecular formula is C37H32N6O13S2. The van der Waals surface area contributed by atoms with Crippen LogP contribution in [-0.2, 0) is 20.2 Å². The molecule has 0 aliphatic heterocycles. The number of hydrogen-bond acceptors (Lipinski definition) is 15. The van der Waals surface area contributed by atoms with Crippen LogP contribution in [0.25, 0.3) is 12.2 Å². The minimum Gasteiger partial charge on any atom is -0.497 e. The van der Waals surface area contributed by atoms with Crippen LogP contribution in [-0.4, -0.2) is 83.4 Å². The molecule has 2 amide bonds. The van der Waals surface area contributed by atoms with Gasteiger partial charge < -0.3 is 29.6 Å². The van der Waals surface area contributed by atoms with Crippen LogP contribution in [0.2, 0.25) is 0 Å². The fraction of sp³-hybridized carbons (Fsp3) is 0.108. The Kier molecular flexibility index (Phi) is 11.3. The predicted octanol–water partition coefficient (Wildman–Crippen LogP) is 5.15. The molecule has 0 radical (unpaired) electrons. The summed E-state index contributed by atoms with van der Waals surface area (Å²) < 4.78 is 90.4. The first-order valence-electron chi connectivity index (χ1n) is 16.5. The number of hydrazone groups is 2. The standard InChI is InChI=1S/C37H32N6O13S2/c1-53-25-13-23(14-26(17-25)54-2)40-42-33-31(57(47,48)49)11-19-9-21(5-7-29(19)35(33)44)38-37(46)39-22-6-8-30-20(10-22)12-32(58(50,51)52)34(36(30)45)43-41-24-15-27(55-3)18-28(16-24)56-4/h5-18,40-41H,1-4H3,(H2,38,39,46)(H,47,48,49)(H,50,51,52)/b42-33-,43-34-. The highest BCUT2D eigenvalue weighted by Crippen LogP contribution is 2.32. The van der Waals surface area contributed by atoms with Crippen LogP contribution in [0.15, 0.2) is 92.8 Å². The molecule has 6 N–H and O–H groups in total. The van der Waals surface area contributed by atoms with Gasteiger partial charge in [0.25, 0.3) is 20.2 Å². The molecule has 0 aromatic heterocycles. The molecule has 0 bridgehead atoms. The van der Waals surface area contributed by atoms with Crippen LogP contribution in [0.4, 0.5) is 27.5 Å². The second kappa shape index (κ2) is 16.2. The number of urea groups is 1. The van der Waals surface area contributed by atoms with Crippen LogP contribution in [0.3, 0.4) is 0 Å². The summed E-state index contributed by atoms with van der Waals surface area (Å²) in [7, 11) is -4.29. The summed E-state index contributed by atoms with van der Waals surface area (Å²) in [5.41, 5.74) is 4.77. The smallest absolute Gasteiger partial charge is 0.323 e. The third-order valence-corrected chi connectivity index (χ3v) is 10.2. The van der Waals surface area contributed by atoms with Crippen molar-refractivity contribution in [2.24, 2.45) is 10.2 Å². The Labute approximate surface area is 330 Å². The number of carbonyl (C=O) groups is 3. The van der Waals surface area contributed by atoms with Gasteiger partial charge in [0, 0.05) is 58.9 Å². The zero-order valence-electron chi connectivity index (χ0n) is 30.7. The Balaban J connectivity index is 1.22. The van der Waals surface area contributed by atoms with E-state index in [4.69, 9.17) is 18.9 Å². The van der Waals surface area contributed by atoms with Crippen LogP contribution in [0.5, 0.6) is 23.0 Å². The third-order valence-electron chi connectivity index (χ3n) is 8.43. The van der Waals surface area contributed by atoms with E-state index in [9.17, 15) is 40.3 Å². The van der Waals surface area contributed by atoms with Crippen molar-refractivity contribution in [3.05, 3.63) is 105 Å². The van der Waals surface area contributed by atoms with Crippen molar-refractivity contribution in [2.45, 2.75) is 0 Å². The molecule has 0 unspecified atom stereocenters. The summed E-state index contributed by atoms with van der Waals surface area (Å²) in [4.78, 5) is 38.4. The number of nitrogens with zero attached hydrogens (tertiary/aromatic N) is 2. The van der Waals surface area contributed by atoms with E-state index < -0.39 is 59.1 Å². The minimum absolute atomic E-state index is 0.00393. The number of fused-ring (bicyclic) bond motifs is 2. The van der Waals surface area contributed by atoms with Crippen molar-refractivity contribution in [2.75, 3.05) is 49.9 Å². The zero-order valence-corrected chi connectivity index (χ0v) is 32.3. The first-order chi connectivity index (χ1) is 27.5. The van der Waals surface area contributed by atoms with Gasteiger partial charge in [-0.15, -0.1) is 0 Å². The van der Waals surface area contributed by atoms with Gasteiger partial charge in [0.05, 0.1) is 39.8 Å². The van der Waals surface area contributed by atoms with Crippen molar-refractivity contribution in [3.8, 4) is 23.0 Å². The second-order valence-electron chi connectivity index (χ2n) is 12.2. The van der Waals surface area contributed by atoms with E-state index in [0.29, 0.717) is 23.0 Å². The SMILES string of the molecule is COc1cc(N/N=C2\C(=O)c3ccc(NC(=O)Nc4ccc5c(c4)C=C(S(=O)(=O)O)/C(=N/Nc4cc(OC)cc(OC)c4)C5=O)cc3C=C2S(=O)(=O)O)cc(OC)c1. The number of hydrogen-bond donors (Lipinski definition) is 6. The predicted molar refractivity (Wildman–Crippen MR) is 214 cm³/mol. The maximum atomic E-state index is 13.5. The highest BCUT2D eigenvalue weighted by Gasteiger charge is 2.34. The summed E-state index contributed by atoms with van der Waals surface area (Å²) in [6.07, 6.45) is 2.03. The van der Waals surface area contributed by atoms with Crippen molar-refractivity contribution in [3.63, 3.8) is 0 Å². The van der Waals surface area contributed by atoms with Gasteiger partial charge in [-0.05, 0) is 59.7 Å². The van der Waals surface area contributed by atoms with E-state index >= 15 is 0 Å². The molecule has 0 saturated carbocycles. The zero-order chi connectivity index (χ0) is 41.9. The number of allylic oxidation sites excluding steroid dienone is 2. The number of ether oxygens (including phenoxy) is 4. The van der Waals surface area contributed by atoms with Gasteiger partial charge in [-0.1, -0.05) is 0 Å². The molecule has 4 aromatic carbocycles. The average Bonchev–Trinajstić information content (AvgIpc) is 3.18. The van der Waals surface area contributed by atoms with Crippen molar-refractivity contribution >= 4 is 84.2 Å². The first kappa shape index (κ1) is 40.6. The van der Waals surface area contributed by atoms with Crippen LogP contribution in [0.1, 0.15) is 31.8 Å². The summed E-state index contributed by atoms with van der Waals surface area (Å²) in [5.74, 6) is -0.196. The summed E-state index contributed by atoms with van der Waals surface area (Å²) in [5, 5.41) is 13.0. The summed E-state index contributed by atoms with van der Waals surface area (Å²) >= 11 is 0. The van der Waals surface area contributed by atoms with Crippen LogP contribution >= 0.6 is 0 Å². The molecule has 58 heavy (non-hydrogen) atoms. The van der Waals surface area contributed by atoms with E-state index in [1.165, 1.54) is 89.1 Å². The third kappa shape index (κ3) is 8.81. The topological polar surface area (TPSA) is 270 Å². The summed E-state index contributed by atoms with van der Waals surface area (Å²) in [6, 6.07) is 16.3. The fourth-order valence-electron chi connectivity index (χ4n) is 5.71. The molecule has 21 heteroatoms. The van der Waals surface area contributed by atoms with E-state index in [-0.39, 0.29) is 45.0 Å². The number of anilines is 4. The first-order valence-corrected chi connectivity index (χ1v) is 19.4.